The van der Waals surface area contributed by atoms with Crippen LogP contribution in [0.25, 0.3) is 27.8 Å². The number of anilines is 2. The van der Waals surface area contributed by atoms with Gasteiger partial charge in [-0.1, -0.05) is 188 Å². The third kappa shape index (κ3) is 5.87. The maximum Gasteiger partial charge on any atom is 0.0566 e. The van der Waals surface area contributed by atoms with Gasteiger partial charge in [-0.05, 0) is 117 Å². The summed E-state index contributed by atoms with van der Waals surface area (Å²) in [7, 11) is 0. The van der Waals surface area contributed by atoms with Gasteiger partial charge >= 0.3 is 0 Å². The molecule has 6 aromatic carbocycles. The van der Waals surface area contributed by atoms with E-state index < -0.39 is 0 Å². The first-order valence-electron chi connectivity index (χ1n) is 20.2. The summed E-state index contributed by atoms with van der Waals surface area (Å²) < 4.78 is 0. The number of benzene rings is 6. The second-order valence-electron chi connectivity index (χ2n) is 15.4. The molecule has 10 rings (SSSR count). The average Bonchev–Trinajstić information content (AvgIpc) is 3.58. The number of para-hydroxylation sites is 1. The zero-order valence-electron chi connectivity index (χ0n) is 31.6. The normalized spacial score (nSPS) is 20.9. The quantitative estimate of drug-likeness (QED) is 0.151. The monoisotopic (exact) mass is 719 g/mol. The molecule has 56 heavy (non-hydrogen) atoms. The zero-order valence-corrected chi connectivity index (χ0v) is 31.6. The SMILES string of the molecule is C1=CCC(C2(c3ccccc3)C3=C(CCC=C3)c3ccc(N(c4ccccc4)C4C=CC(c5ccc(-c6ccccc6)cc5)=C(c5ccccc5)C4)cc32)C=C1. The first-order valence-corrected chi connectivity index (χ1v) is 20.2. The lowest BCUT2D eigenvalue weighted by molar-refractivity contribution is 0.453. The standard InChI is InChI=1S/C55H45N/c1-6-18-40(19-7-1)41-30-32-43(33-31-41)49-36-34-47(38-52(49)42-20-8-2-9-21-42)56(46-26-14-5-15-27-46)48-35-37-51-50-28-16-17-29-53(50)55(54(51)39-48,44-22-10-3-11-23-44)45-24-12-4-13-25-45/h1-15,17-24,26-27,29-37,39,45,47H,16,25,28,38H2. The van der Waals surface area contributed by atoms with E-state index >= 15 is 0 Å². The summed E-state index contributed by atoms with van der Waals surface area (Å²) in [5.41, 5.74) is 17.0. The summed E-state index contributed by atoms with van der Waals surface area (Å²) in [5.74, 6) is 0.308. The Labute approximate surface area is 331 Å². The Morgan fingerprint density at radius 1 is 0.518 bits per heavy atom. The second-order valence-corrected chi connectivity index (χ2v) is 15.4. The number of hydrogen-bond acceptors (Lipinski definition) is 1. The van der Waals surface area contributed by atoms with Crippen molar-refractivity contribution in [2.75, 3.05) is 4.90 Å². The van der Waals surface area contributed by atoms with Crippen molar-refractivity contribution in [3.05, 3.63) is 246 Å². The lowest BCUT2D eigenvalue weighted by Gasteiger charge is -2.42. The van der Waals surface area contributed by atoms with Crippen LogP contribution in [0.4, 0.5) is 11.4 Å². The van der Waals surface area contributed by atoms with Crippen molar-refractivity contribution in [3.63, 3.8) is 0 Å². The summed E-state index contributed by atoms with van der Waals surface area (Å²) >= 11 is 0. The van der Waals surface area contributed by atoms with Gasteiger partial charge in [0.25, 0.3) is 0 Å². The maximum absolute atomic E-state index is 2.59. The first kappa shape index (κ1) is 34.1. The van der Waals surface area contributed by atoms with Crippen molar-refractivity contribution in [2.24, 2.45) is 5.92 Å². The lowest BCUT2D eigenvalue weighted by Crippen LogP contribution is -2.37. The van der Waals surface area contributed by atoms with Crippen LogP contribution in [0.3, 0.4) is 0 Å². The van der Waals surface area contributed by atoms with E-state index in [1.165, 1.54) is 72.6 Å². The molecule has 0 aliphatic heterocycles. The van der Waals surface area contributed by atoms with Gasteiger partial charge in [0.1, 0.15) is 0 Å². The molecule has 0 aromatic heterocycles. The Kier molecular flexibility index (Phi) is 8.92. The minimum atomic E-state index is -0.279. The zero-order chi connectivity index (χ0) is 37.3. The molecule has 4 aliphatic rings. The molecule has 1 heteroatoms. The highest BCUT2D eigenvalue weighted by atomic mass is 15.2. The van der Waals surface area contributed by atoms with Crippen molar-refractivity contribution >= 4 is 28.1 Å². The summed E-state index contributed by atoms with van der Waals surface area (Å²) in [6.45, 7) is 0. The van der Waals surface area contributed by atoms with Gasteiger partial charge in [-0.25, -0.2) is 0 Å². The lowest BCUT2D eigenvalue weighted by atomic mass is 9.61. The fourth-order valence-electron chi connectivity index (χ4n) is 9.91. The van der Waals surface area contributed by atoms with Crippen molar-refractivity contribution < 1.29 is 0 Å². The minimum absolute atomic E-state index is 0.102. The maximum atomic E-state index is 2.59. The molecule has 0 bridgehead atoms. The number of nitrogens with zero attached hydrogens (tertiary/aromatic N) is 1. The average molecular weight is 720 g/mol. The molecule has 0 saturated carbocycles. The molecular formula is C55H45N. The van der Waals surface area contributed by atoms with Crippen LogP contribution < -0.4 is 4.90 Å². The van der Waals surface area contributed by atoms with Crippen LogP contribution in [0, 0.1) is 5.92 Å². The number of allylic oxidation sites excluding steroid dienone is 10. The summed E-state index contributed by atoms with van der Waals surface area (Å²) in [6, 6.07) is 60.6. The number of hydrogen-bond donors (Lipinski definition) is 0. The van der Waals surface area contributed by atoms with Gasteiger partial charge in [0.05, 0.1) is 11.5 Å². The molecule has 0 radical (unpaired) electrons. The van der Waals surface area contributed by atoms with Gasteiger partial charge in [0.15, 0.2) is 0 Å². The third-order valence-corrected chi connectivity index (χ3v) is 12.4. The predicted octanol–water partition coefficient (Wildman–Crippen LogP) is 14.0. The molecule has 0 N–H and O–H groups in total. The van der Waals surface area contributed by atoms with Crippen molar-refractivity contribution in [1.82, 2.24) is 0 Å². The first-order chi connectivity index (χ1) is 27.8. The Hall–Kier alpha value is -6.44. The van der Waals surface area contributed by atoms with E-state index in [4.69, 9.17) is 0 Å². The molecule has 3 unspecified atom stereocenters. The van der Waals surface area contributed by atoms with Crippen LogP contribution in [-0.2, 0) is 5.41 Å². The van der Waals surface area contributed by atoms with Gasteiger partial charge < -0.3 is 4.90 Å². The van der Waals surface area contributed by atoms with E-state index in [0.29, 0.717) is 5.92 Å². The Balaban J connectivity index is 1.11. The topological polar surface area (TPSA) is 3.24 Å². The third-order valence-electron chi connectivity index (χ3n) is 12.4. The summed E-state index contributed by atoms with van der Waals surface area (Å²) in [6.07, 6.45) is 23.0. The molecule has 1 nitrogen and oxygen atoms in total. The van der Waals surface area contributed by atoms with Crippen molar-refractivity contribution in [3.8, 4) is 11.1 Å². The minimum Gasteiger partial charge on any atom is -0.334 e. The predicted molar refractivity (Wildman–Crippen MR) is 237 cm³/mol. The number of rotatable bonds is 8. The molecule has 3 atom stereocenters. The molecule has 0 spiro atoms. The van der Waals surface area contributed by atoms with Gasteiger partial charge in [-0.2, -0.15) is 0 Å². The van der Waals surface area contributed by atoms with Crippen LogP contribution in [0.15, 0.2) is 218 Å². The molecule has 0 amide bonds. The Morgan fingerprint density at radius 2 is 1.18 bits per heavy atom. The van der Waals surface area contributed by atoms with E-state index in [9.17, 15) is 0 Å². The summed E-state index contributed by atoms with van der Waals surface area (Å²) in [5, 5.41) is 0. The highest BCUT2D eigenvalue weighted by Crippen LogP contribution is 2.59. The van der Waals surface area contributed by atoms with Gasteiger partial charge in [-0.15, -0.1) is 0 Å². The van der Waals surface area contributed by atoms with E-state index in [0.717, 1.165) is 25.7 Å². The highest BCUT2D eigenvalue weighted by Gasteiger charge is 2.50. The molecular weight excluding hydrogens is 675 g/mol. The fourth-order valence-corrected chi connectivity index (χ4v) is 9.91. The van der Waals surface area contributed by atoms with Gasteiger partial charge in [0, 0.05) is 11.4 Å². The van der Waals surface area contributed by atoms with Crippen LogP contribution >= 0.6 is 0 Å². The second kappa shape index (κ2) is 14.7. The highest BCUT2D eigenvalue weighted by molar-refractivity contribution is 5.98. The van der Waals surface area contributed by atoms with Crippen molar-refractivity contribution in [2.45, 2.75) is 37.1 Å². The van der Waals surface area contributed by atoms with Crippen molar-refractivity contribution in [1.29, 1.82) is 0 Å². The van der Waals surface area contributed by atoms with Gasteiger partial charge in [0.2, 0.25) is 0 Å². The van der Waals surface area contributed by atoms with E-state index in [1.807, 2.05) is 0 Å². The molecule has 4 aliphatic carbocycles. The van der Waals surface area contributed by atoms with Crippen LogP contribution in [0.2, 0.25) is 0 Å². The van der Waals surface area contributed by atoms with E-state index in [-0.39, 0.29) is 11.5 Å². The number of fused-ring (bicyclic) bond motifs is 2. The summed E-state index contributed by atoms with van der Waals surface area (Å²) in [4.78, 5) is 2.59. The van der Waals surface area contributed by atoms with E-state index in [2.05, 4.69) is 217 Å². The van der Waals surface area contributed by atoms with Crippen LogP contribution in [0.5, 0.6) is 0 Å². The molecule has 0 saturated heterocycles. The Bertz CT molecular complexity index is 2550. The fraction of sp³-hybridized carbons (Fsp3) is 0.127. The van der Waals surface area contributed by atoms with Gasteiger partial charge in [-0.3, -0.25) is 0 Å². The smallest absolute Gasteiger partial charge is 0.0566 e. The molecule has 270 valence electrons. The van der Waals surface area contributed by atoms with E-state index in [1.54, 1.807) is 0 Å². The van der Waals surface area contributed by atoms with Crippen LogP contribution in [-0.4, -0.2) is 6.04 Å². The van der Waals surface area contributed by atoms with Crippen LogP contribution in [0.1, 0.15) is 53.5 Å². The molecule has 0 fully saturated rings. The molecule has 6 aromatic rings. The Morgan fingerprint density at radius 3 is 1.89 bits per heavy atom. The molecule has 0 heterocycles. The largest absolute Gasteiger partial charge is 0.334 e.